The fraction of sp³-hybridized carbons (Fsp3) is 0.235. The van der Waals surface area contributed by atoms with Gasteiger partial charge >= 0.3 is 0 Å². The van der Waals surface area contributed by atoms with Gasteiger partial charge in [-0.3, -0.25) is 4.79 Å². The first-order chi connectivity index (χ1) is 9.90. The maximum absolute atomic E-state index is 13.5. The average molecular weight is 353 g/mol. The monoisotopic (exact) mass is 352 g/mol. The zero-order valence-corrected chi connectivity index (χ0v) is 13.4. The van der Waals surface area contributed by atoms with Gasteiger partial charge in [-0.25, -0.2) is 8.78 Å². The molecule has 2 aromatic rings. The summed E-state index contributed by atoms with van der Waals surface area (Å²) < 4.78 is 26.5. The second-order valence-electron chi connectivity index (χ2n) is 5.35. The molecule has 0 radical (unpaired) electrons. The molecule has 4 heteroatoms. The summed E-state index contributed by atoms with van der Waals surface area (Å²) in [4.78, 5) is 12.4. The van der Waals surface area contributed by atoms with Gasteiger partial charge in [0.25, 0.3) is 0 Å². The molecule has 0 N–H and O–H groups in total. The van der Waals surface area contributed by atoms with Crippen molar-refractivity contribution in [1.29, 1.82) is 0 Å². The Morgan fingerprint density at radius 3 is 2.57 bits per heavy atom. The van der Waals surface area contributed by atoms with Crippen molar-refractivity contribution < 1.29 is 13.6 Å². The number of carbonyl (C=O) groups excluding carboxylic acids is 1. The third-order valence-electron chi connectivity index (χ3n) is 3.11. The SMILES string of the molecule is CC(C)Cc1cccc(C(=O)c2ccc(F)c(F)c2Br)c1. The van der Waals surface area contributed by atoms with Crippen LogP contribution in [0.1, 0.15) is 35.3 Å². The molecule has 0 atom stereocenters. The van der Waals surface area contributed by atoms with Crippen LogP contribution in [-0.4, -0.2) is 5.78 Å². The lowest BCUT2D eigenvalue weighted by Gasteiger charge is -2.09. The number of ketones is 1. The van der Waals surface area contributed by atoms with E-state index in [1.54, 1.807) is 18.2 Å². The van der Waals surface area contributed by atoms with Crippen LogP contribution in [-0.2, 0) is 6.42 Å². The maximum atomic E-state index is 13.5. The Labute approximate surface area is 131 Å². The summed E-state index contributed by atoms with van der Waals surface area (Å²) in [5.74, 6) is -1.87. The molecule has 21 heavy (non-hydrogen) atoms. The summed E-state index contributed by atoms with van der Waals surface area (Å²) in [6.45, 7) is 4.20. The molecule has 0 aliphatic carbocycles. The van der Waals surface area contributed by atoms with Crippen LogP contribution in [0.25, 0.3) is 0 Å². The van der Waals surface area contributed by atoms with Gasteiger partial charge in [0.1, 0.15) is 0 Å². The third-order valence-corrected chi connectivity index (χ3v) is 3.89. The summed E-state index contributed by atoms with van der Waals surface area (Å²) in [7, 11) is 0. The van der Waals surface area contributed by atoms with E-state index in [0.717, 1.165) is 18.1 Å². The second-order valence-corrected chi connectivity index (χ2v) is 6.14. The zero-order chi connectivity index (χ0) is 15.6. The van der Waals surface area contributed by atoms with Crippen molar-refractivity contribution in [3.8, 4) is 0 Å². The Kier molecular flexibility index (Phi) is 4.88. The first-order valence-electron chi connectivity index (χ1n) is 6.67. The van der Waals surface area contributed by atoms with Gasteiger partial charge in [-0.1, -0.05) is 32.0 Å². The van der Waals surface area contributed by atoms with Gasteiger partial charge < -0.3 is 0 Å². The number of rotatable bonds is 4. The molecule has 0 spiro atoms. The highest BCUT2D eigenvalue weighted by atomic mass is 79.9. The Hall–Kier alpha value is -1.55. The molecule has 0 aliphatic rings. The van der Waals surface area contributed by atoms with Gasteiger partial charge in [0.2, 0.25) is 0 Å². The minimum Gasteiger partial charge on any atom is -0.289 e. The molecule has 110 valence electrons. The fourth-order valence-corrected chi connectivity index (χ4v) is 2.67. The van der Waals surface area contributed by atoms with Gasteiger partial charge in [-0.15, -0.1) is 0 Å². The Balaban J connectivity index is 2.39. The number of carbonyl (C=O) groups is 1. The first-order valence-corrected chi connectivity index (χ1v) is 7.46. The molecule has 0 aromatic heterocycles. The van der Waals surface area contributed by atoms with Crippen molar-refractivity contribution >= 4 is 21.7 Å². The number of hydrogen-bond acceptors (Lipinski definition) is 1. The highest BCUT2D eigenvalue weighted by Crippen LogP contribution is 2.25. The van der Waals surface area contributed by atoms with E-state index in [1.807, 2.05) is 6.07 Å². The van der Waals surface area contributed by atoms with Crippen LogP contribution < -0.4 is 0 Å². The molecule has 0 unspecified atom stereocenters. The van der Waals surface area contributed by atoms with E-state index in [-0.39, 0.29) is 15.8 Å². The van der Waals surface area contributed by atoms with E-state index in [4.69, 9.17) is 0 Å². The molecule has 2 aromatic carbocycles. The number of halogens is 3. The average Bonchev–Trinajstić information content (AvgIpc) is 2.44. The first kappa shape index (κ1) is 15.8. The standard InChI is InChI=1S/C17H15BrF2O/c1-10(2)8-11-4-3-5-12(9-11)17(21)13-6-7-14(19)16(20)15(13)18/h3-7,9-10H,8H2,1-2H3. The fourth-order valence-electron chi connectivity index (χ4n) is 2.17. The van der Waals surface area contributed by atoms with E-state index >= 15 is 0 Å². The Bertz CT molecular complexity index is 680. The van der Waals surface area contributed by atoms with E-state index in [9.17, 15) is 13.6 Å². The van der Waals surface area contributed by atoms with Crippen molar-refractivity contribution in [3.63, 3.8) is 0 Å². The third kappa shape index (κ3) is 3.56. The predicted molar refractivity (Wildman–Crippen MR) is 82.5 cm³/mol. The molecule has 0 amide bonds. The van der Waals surface area contributed by atoms with Crippen LogP contribution in [0.3, 0.4) is 0 Å². The highest BCUT2D eigenvalue weighted by Gasteiger charge is 2.18. The Morgan fingerprint density at radius 1 is 1.19 bits per heavy atom. The van der Waals surface area contributed by atoms with Gasteiger partial charge in [0.15, 0.2) is 17.4 Å². The van der Waals surface area contributed by atoms with Crippen molar-refractivity contribution in [2.24, 2.45) is 5.92 Å². The lowest BCUT2D eigenvalue weighted by Crippen LogP contribution is -2.06. The summed E-state index contributed by atoms with van der Waals surface area (Å²) >= 11 is 2.95. The van der Waals surface area contributed by atoms with Crippen molar-refractivity contribution in [2.45, 2.75) is 20.3 Å². The number of benzene rings is 2. The molecule has 0 aliphatic heterocycles. The van der Waals surface area contributed by atoms with Crippen molar-refractivity contribution in [2.75, 3.05) is 0 Å². The highest BCUT2D eigenvalue weighted by molar-refractivity contribution is 9.10. The van der Waals surface area contributed by atoms with Crippen LogP contribution in [0.5, 0.6) is 0 Å². The molecule has 0 saturated heterocycles. The van der Waals surface area contributed by atoms with Crippen molar-refractivity contribution in [1.82, 2.24) is 0 Å². The van der Waals surface area contributed by atoms with Crippen molar-refractivity contribution in [3.05, 3.63) is 69.2 Å². The van der Waals surface area contributed by atoms with Crippen LogP contribution in [0.4, 0.5) is 8.78 Å². The lowest BCUT2D eigenvalue weighted by atomic mass is 9.97. The van der Waals surface area contributed by atoms with Crippen LogP contribution >= 0.6 is 15.9 Å². The van der Waals surface area contributed by atoms with E-state index in [0.29, 0.717) is 11.5 Å². The molecule has 2 rings (SSSR count). The van der Waals surface area contributed by atoms with Gasteiger partial charge in [0.05, 0.1) is 4.47 Å². The largest absolute Gasteiger partial charge is 0.289 e. The van der Waals surface area contributed by atoms with E-state index in [1.165, 1.54) is 6.07 Å². The summed E-state index contributed by atoms with van der Waals surface area (Å²) in [5, 5.41) is 0. The molecule has 0 heterocycles. The minimum absolute atomic E-state index is 0.121. The minimum atomic E-state index is -1.04. The molecule has 1 nitrogen and oxygen atoms in total. The van der Waals surface area contributed by atoms with Crippen LogP contribution in [0.15, 0.2) is 40.9 Å². The predicted octanol–water partition coefficient (Wildman–Crippen LogP) is 5.16. The van der Waals surface area contributed by atoms with E-state index < -0.39 is 11.6 Å². The summed E-state index contributed by atoms with van der Waals surface area (Å²) in [5.41, 5.74) is 1.64. The smallest absolute Gasteiger partial charge is 0.194 e. The van der Waals surface area contributed by atoms with E-state index in [2.05, 4.69) is 29.8 Å². The molecular weight excluding hydrogens is 338 g/mol. The lowest BCUT2D eigenvalue weighted by molar-refractivity contribution is 0.103. The van der Waals surface area contributed by atoms with Gasteiger partial charge in [0, 0.05) is 11.1 Å². The molecule has 0 bridgehead atoms. The molecule has 0 fully saturated rings. The van der Waals surface area contributed by atoms with Crippen LogP contribution in [0.2, 0.25) is 0 Å². The summed E-state index contributed by atoms with van der Waals surface area (Å²) in [6.07, 6.45) is 0.861. The maximum Gasteiger partial charge on any atom is 0.194 e. The number of hydrogen-bond donors (Lipinski definition) is 0. The normalized spacial score (nSPS) is 11.0. The quantitative estimate of drug-likeness (QED) is 0.548. The van der Waals surface area contributed by atoms with Crippen LogP contribution in [0, 0.1) is 17.6 Å². The molecular formula is C17H15BrF2O. The molecule has 0 saturated carbocycles. The summed E-state index contributed by atoms with van der Waals surface area (Å²) in [6, 6.07) is 9.50. The second kappa shape index (κ2) is 6.48. The zero-order valence-electron chi connectivity index (χ0n) is 11.8. The topological polar surface area (TPSA) is 17.1 Å². The van der Waals surface area contributed by atoms with Gasteiger partial charge in [-0.2, -0.15) is 0 Å². The Morgan fingerprint density at radius 2 is 1.90 bits per heavy atom. The van der Waals surface area contributed by atoms with Gasteiger partial charge in [-0.05, 0) is 52.0 Å².